The van der Waals surface area contributed by atoms with Crippen molar-refractivity contribution in [1.82, 2.24) is 0 Å². The van der Waals surface area contributed by atoms with Gasteiger partial charge >= 0.3 is 0 Å². The number of rotatable bonds is 2. The first-order chi connectivity index (χ1) is 9.65. The van der Waals surface area contributed by atoms with Crippen LogP contribution in [0.4, 0.5) is 0 Å². The zero-order chi connectivity index (χ0) is 14.1. The van der Waals surface area contributed by atoms with Crippen LogP contribution in [0, 0.1) is 6.92 Å². The first-order valence-electron chi connectivity index (χ1n) is 6.35. The van der Waals surface area contributed by atoms with E-state index in [1.165, 1.54) is 0 Å². The minimum Gasteiger partial charge on any atom is -0.486 e. The molecule has 2 aromatic rings. The zero-order valence-electron chi connectivity index (χ0n) is 11.0. The third-order valence-electron chi connectivity index (χ3n) is 3.17. The number of ether oxygens (including phenoxy) is 2. The van der Waals surface area contributed by atoms with Crippen LogP contribution in [-0.2, 0) is 0 Å². The second kappa shape index (κ2) is 5.17. The fourth-order valence-corrected chi connectivity index (χ4v) is 2.47. The van der Waals surface area contributed by atoms with Crippen molar-refractivity contribution < 1.29 is 14.3 Å². The molecular weight excluding hydrogens is 276 g/mol. The van der Waals surface area contributed by atoms with Crippen molar-refractivity contribution in [1.29, 1.82) is 0 Å². The second-order valence-corrected chi connectivity index (χ2v) is 5.08. The number of hydrogen-bond donors (Lipinski definition) is 0. The van der Waals surface area contributed by atoms with Gasteiger partial charge in [-0.15, -0.1) is 0 Å². The van der Waals surface area contributed by atoms with Crippen LogP contribution in [0.1, 0.15) is 21.5 Å². The third-order valence-corrected chi connectivity index (χ3v) is 3.49. The predicted molar refractivity (Wildman–Crippen MR) is 77.1 cm³/mol. The summed E-state index contributed by atoms with van der Waals surface area (Å²) < 4.78 is 10.9. The van der Waals surface area contributed by atoms with E-state index in [2.05, 4.69) is 0 Å². The number of fused-ring (bicyclic) bond motifs is 1. The van der Waals surface area contributed by atoms with Gasteiger partial charge in [0.2, 0.25) is 0 Å². The molecule has 0 spiro atoms. The Bertz CT molecular complexity index is 679. The summed E-state index contributed by atoms with van der Waals surface area (Å²) in [6.07, 6.45) is 0. The Balaban J connectivity index is 1.98. The summed E-state index contributed by atoms with van der Waals surface area (Å²) in [6.45, 7) is 2.96. The summed E-state index contributed by atoms with van der Waals surface area (Å²) >= 11 is 6.14. The molecule has 3 rings (SSSR count). The minimum atomic E-state index is -0.119. The maximum atomic E-state index is 12.5. The predicted octanol–water partition coefficient (Wildman–Crippen LogP) is 3.65. The number of carbonyl (C=O) groups is 1. The number of halogens is 1. The Morgan fingerprint density at radius 3 is 2.55 bits per heavy atom. The Morgan fingerprint density at radius 2 is 1.80 bits per heavy atom. The molecule has 0 aromatic heterocycles. The van der Waals surface area contributed by atoms with Gasteiger partial charge in [-0.25, -0.2) is 0 Å². The van der Waals surface area contributed by atoms with Gasteiger partial charge in [0.15, 0.2) is 17.3 Å². The van der Waals surface area contributed by atoms with E-state index in [0.29, 0.717) is 40.9 Å². The fourth-order valence-electron chi connectivity index (χ4n) is 2.14. The Kier molecular flexibility index (Phi) is 3.36. The average molecular weight is 289 g/mol. The lowest BCUT2D eigenvalue weighted by Crippen LogP contribution is -2.16. The van der Waals surface area contributed by atoms with Crippen molar-refractivity contribution in [2.45, 2.75) is 6.92 Å². The highest BCUT2D eigenvalue weighted by atomic mass is 35.5. The van der Waals surface area contributed by atoms with Crippen molar-refractivity contribution in [2.75, 3.05) is 13.2 Å². The zero-order valence-corrected chi connectivity index (χ0v) is 11.7. The van der Waals surface area contributed by atoms with Crippen LogP contribution in [0.25, 0.3) is 0 Å². The van der Waals surface area contributed by atoms with Crippen LogP contribution in [0.2, 0.25) is 5.02 Å². The van der Waals surface area contributed by atoms with E-state index in [1.54, 1.807) is 30.3 Å². The Hall–Kier alpha value is -2.00. The van der Waals surface area contributed by atoms with E-state index in [9.17, 15) is 4.79 Å². The van der Waals surface area contributed by atoms with Crippen LogP contribution in [0.5, 0.6) is 11.5 Å². The maximum Gasteiger partial charge on any atom is 0.194 e. The van der Waals surface area contributed by atoms with Gasteiger partial charge in [-0.3, -0.25) is 4.79 Å². The van der Waals surface area contributed by atoms with E-state index >= 15 is 0 Å². The molecule has 0 amide bonds. The Morgan fingerprint density at radius 1 is 1.05 bits per heavy atom. The average Bonchev–Trinajstić information content (AvgIpc) is 2.46. The van der Waals surface area contributed by atoms with Crippen LogP contribution in [0.3, 0.4) is 0 Å². The summed E-state index contributed by atoms with van der Waals surface area (Å²) in [7, 11) is 0. The van der Waals surface area contributed by atoms with E-state index < -0.39 is 0 Å². The molecule has 0 bridgehead atoms. The van der Waals surface area contributed by atoms with E-state index in [0.717, 1.165) is 5.56 Å². The number of benzene rings is 2. The van der Waals surface area contributed by atoms with Crippen molar-refractivity contribution in [3.63, 3.8) is 0 Å². The SMILES string of the molecule is Cc1ccc(C(=O)c2ccc3c(c2)OCCO3)c(Cl)c1. The highest BCUT2D eigenvalue weighted by Crippen LogP contribution is 2.32. The summed E-state index contributed by atoms with van der Waals surface area (Å²) in [5.41, 5.74) is 2.06. The molecule has 0 saturated carbocycles. The van der Waals surface area contributed by atoms with Crippen LogP contribution >= 0.6 is 11.6 Å². The fraction of sp³-hybridized carbons (Fsp3) is 0.188. The molecule has 2 aromatic carbocycles. The molecule has 102 valence electrons. The van der Waals surface area contributed by atoms with Gasteiger partial charge in [0, 0.05) is 11.1 Å². The maximum absolute atomic E-state index is 12.5. The summed E-state index contributed by atoms with van der Waals surface area (Å²) in [4.78, 5) is 12.5. The van der Waals surface area contributed by atoms with E-state index in [4.69, 9.17) is 21.1 Å². The van der Waals surface area contributed by atoms with Crippen molar-refractivity contribution in [3.8, 4) is 11.5 Å². The highest BCUT2D eigenvalue weighted by Gasteiger charge is 2.17. The molecule has 0 fully saturated rings. The van der Waals surface area contributed by atoms with Crippen LogP contribution in [-0.4, -0.2) is 19.0 Å². The molecule has 0 aliphatic carbocycles. The number of carbonyl (C=O) groups excluding carboxylic acids is 1. The van der Waals surface area contributed by atoms with Gasteiger partial charge in [0.25, 0.3) is 0 Å². The van der Waals surface area contributed by atoms with Crippen molar-refractivity contribution in [2.24, 2.45) is 0 Å². The third kappa shape index (κ3) is 2.37. The summed E-state index contributed by atoms with van der Waals surface area (Å²) in [5, 5.41) is 0.463. The number of ketones is 1. The van der Waals surface area contributed by atoms with Crippen LogP contribution in [0.15, 0.2) is 36.4 Å². The number of hydrogen-bond acceptors (Lipinski definition) is 3. The molecule has 0 N–H and O–H groups in total. The smallest absolute Gasteiger partial charge is 0.194 e. The van der Waals surface area contributed by atoms with Crippen molar-refractivity contribution >= 4 is 17.4 Å². The normalized spacial score (nSPS) is 13.1. The van der Waals surface area contributed by atoms with Gasteiger partial charge in [0.05, 0.1) is 5.02 Å². The molecule has 1 heterocycles. The van der Waals surface area contributed by atoms with Gasteiger partial charge < -0.3 is 9.47 Å². The molecule has 0 unspecified atom stereocenters. The van der Waals surface area contributed by atoms with E-state index in [-0.39, 0.29) is 5.78 Å². The molecular formula is C16H13ClO3. The summed E-state index contributed by atoms with van der Waals surface area (Å²) in [5.74, 6) is 1.15. The molecule has 1 aliphatic rings. The summed E-state index contributed by atoms with van der Waals surface area (Å²) in [6, 6.07) is 10.6. The molecule has 0 atom stereocenters. The molecule has 0 radical (unpaired) electrons. The van der Waals surface area contributed by atoms with Gasteiger partial charge in [-0.1, -0.05) is 17.7 Å². The lowest BCUT2D eigenvalue weighted by molar-refractivity contribution is 0.103. The second-order valence-electron chi connectivity index (χ2n) is 4.67. The Labute approximate surface area is 122 Å². The molecule has 20 heavy (non-hydrogen) atoms. The number of aryl methyl sites for hydroxylation is 1. The van der Waals surface area contributed by atoms with Gasteiger partial charge in [-0.05, 0) is 42.8 Å². The molecule has 0 saturated heterocycles. The molecule has 3 nitrogen and oxygen atoms in total. The topological polar surface area (TPSA) is 35.5 Å². The largest absolute Gasteiger partial charge is 0.486 e. The lowest BCUT2D eigenvalue weighted by Gasteiger charge is -2.18. The monoisotopic (exact) mass is 288 g/mol. The quantitative estimate of drug-likeness (QED) is 0.791. The van der Waals surface area contributed by atoms with Crippen molar-refractivity contribution in [3.05, 3.63) is 58.1 Å². The lowest BCUT2D eigenvalue weighted by atomic mass is 10.0. The molecule has 1 aliphatic heterocycles. The van der Waals surface area contributed by atoms with Crippen LogP contribution < -0.4 is 9.47 Å². The standard InChI is InChI=1S/C16H13ClO3/c1-10-2-4-12(13(17)8-10)16(18)11-3-5-14-15(9-11)20-7-6-19-14/h2-5,8-9H,6-7H2,1H3. The van der Waals surface area contributed by atoms with E-state index in [1.807, 2.05) is 13.0 Å². The van der Waals surface area contributed by atoms with Gasteiger partial charge in [-0.2, -0.15) is 0 Å². The first kappa shape index (κ1) is 13.0. The molecule has 4 heteroatoms. The minimum absolute atomic E-state index is 0.119. The van der Waals surface area contributed by atoms with Gasteiger partial charge in [0.1, 0.15) is 13.2 Å². The first-order valence-corrected chi connectivity index (χ1v) is 6.73. The highest BCUT2D eigenvalue weighted by molar-refractivity contribution is 6.35.